The summed E-state index contributed by atoms with van der Waals surface area (Å²) in [5, 5.41) is 11.9. The van der Waals surface area contributed by atoms with Gasteiger partial charge in [-0.15, -0.1) is 10.2 Å². The molecule has 2 rings (SSSR count). The van der Waals surface area contributed by atoms with Gasteiger partial charge in [0.15, 0.2) is 11.0 Å². The van der Waals surface area contributed by atoms with Gasteiger partial charge in [0.2, 0.25) is 0 Å². The molecule has 0 unspecified atom stereocenters. The quantitative estimate of drug-likeness (QED) is 0.609. The maximum absolute atomic E-state index is 11.1. The lowest BCUT2D eigenvalue weighted by Gasteiger charge is -1.96. The minimum absolute atomic E-state index is 0.299. The Hall–Kier alpha value is -2.39. The van der Waals surface area contributed by atoms with Gasteiger partial charge in [-0.05, 0) is 19.1 Å². The fraction of sp³-hybridized carbons (Fsp3) is 0.167. The van der Waals surface area contributed by atoms with Crippen LogP contribution in [0.3, 0.4) is 0 Å². The van der Waals surface area contributed by atoms with E-state index in [2.05, 4.69) is 27.1 Å². The first-order valence-corrected chi connectivity index (χ1v) is 5.80. The highest BCUT2D eigenvalue weighted by Gasteiger charge is 2.01. The summed E-state index contributed by atoms with van der Waals surface area (Å²) in [6.07, 6.45) is 3.15. The number of rotatable bonds is 2. The van der Waals surface area contributed by atoms with E-state index in [4.69, 9.17) is 16.3 Å². The van der Waals surface area contributed by atoms with Crippen LogP contribution in [0.1, 0.15) is 12.5 Å². The molecule has 2 aromatic rings. The van der Waals surface area contributed by atoms with Crippen LogP contribution in [0.4, 0.5) is 0 Å². The van der Waals surface area contributed by atoms with Crippen LogP contribution in [0.15, 0.2) is 24.5 Å². The van der Waals surface area contributed by atoms with Gasteiger partial charge in [-0.3, -0.25) is 0 Å². The summed E-state index contributed by atoms with van der Waals surface area (Å²) >= 11 is 5.64. The van der Waals surface area contributed by atoms with E-state index in [-0.39, 0.29) is 0 Å². The van der Waals surface area contributed by atoms with Crippen molar-refractivity contribution in [2.45, 2.75) is 6.92 Å². The van der Waals surface area contributed by atoms with Crippen molar-refractivity contribution in [1.82, 2.24) is 20.0 Å². The van der Waals surface area contributed by atoms with Crippen LogP contribution < -0.4 is 0 Å². The molecule has 2 aromatic heterocycles. The molecule has 0 saturated heterocycles. The fourth-order valence-corrected chi connectivity index (χ4v) is 1.33. The van der Waals surface area contributed by atoms with Gasteiger partial charge in [0.25, 0.3) is 0 Å². The highest BCUT2D eigenvalue weighted by molar-refractivity contribution is 6.29. The second kappa shape index (κ2) is 5.98. The lowest BCUT2D eigenvalue weighted by Crippen LogP contribution is -1.99. The van der Waals surface area contributed by atoms with Crippen LogP contribution in [-0.4, -0.2) is 32.6 Å². The first-order valence-electron chi connectivity index (χ1n) is 5.42. The van der Waals surface area contributed by atoms with E-state index in [0.717, 1.165) is 0 Å². The van der Waals surface area contributed by atoms with Crippen molar-refractivity contribution in [2.24, 2.45) is 0 Å². The van der Waals surface area contributed by atoms with Crippen molar-refractivity contribution in [2.75, 3.05) is 6.61 Å². The van der Waals surface area contributed by atoms with Crippen molar-refractivity contribution in [3.8, 4) is 17.7 Å². The van der Waals surface area contributed by atoms with Crippen molar-refractivity contribution in [3.05, 3.63) is 35.2 Å². The Morgan fingerprint density at radius 2 is 2.32 bits per heavy atom. The molecule has 0 aliphatic rings. The fourth-order valence-electron chi connectivity index (χ4n) is 1.23. The first-order chi connectivity index (χ1) is 9.19. The molecule has 7 heteroatoms. The zero-order chi connectivity index (χ0) is 13.7. The summed E-state index contributed by atoms with van der Waals surface area (Å²) < 4.78 is 6.18. The van der Waals surface area contributed by atoms with Crippen molar-refractivity contribution in [3.63, 3.8) is 0 Å². The average Bonchev–Trinajstić information content (AvgIpc) is 2.86. The van der Waals surface area contributed by atoms with Crippen LogP contribution in [0.25, 0.3) is 5.82 Å². The Kier molecular flexibility index (Phi) is 4.11. The van der Waals surface area contributed by atoms with E-state index in [1.54, 1.807) is 25.3 Å². The van der Waals surface area contributed by atoms with E-state index in [1.165, 1.54) is 10.9 Å². The van der Waals surface area contributed by atoms with Gasteiger partial charge in [-0.25, -0.2) is 9.48 Å². The number of halogens is 1. The molecule has 0 aromatic carbocycles. The minimum atomic E-state index is -0.568. The number of esters is 1. The molecule has 0 bridgehead atoms. The average molecular weight is 277 g/mol. The summed E-state index contributed by atoms with van der Waals surface area (Å²) in [6.45, 7) is 2.02. The van der Waals surface area contributed by atoms with Crippen molar-refractivity contribution in [1.29, 1.82) is 0 Å². The van der Waals surface area contributed by atoms with Gasteiger partial charge >= 0.3 is 5.97 Å². The minimum Gasteiger partial charge on any atom is -0.456 e. The van der Waals surface area contributed by atoms with Gasteiger partial charge in [-0.1, -0.05) is 17.5 Å². The van der Waals surface area contributed by atoms with Crippen LogP contribution in [0.2, 0.25) is 5.15 Å². The van der Waals surface area contributed by atoms with E-state index < -0.39 is 5.97 Å². The molecular weight excluding hydrogens is 268 g/mol. The predicted molar refractivity (Wildman–Crippen MR) is 67.7 cm³/mol. The molecule has 0 aliphatic heterocycles. The van der Waals surface area contributed by atoms with Gasteiger partial charge in [-0.2, -0.15) is 5.10 Å². The van der Waals surface area contributed by atoms with Crippen LogP contribution in [0, 0.1) is 11.8 Å². The third kappa shape index (κ3) is 3.53. The van der Waals surface area contributed by atoms with Gasteiger partial charge in [0.05, 0.1) is 18.4 Å². The van der Waals surface area contributed by atoms with E-state index >= 15 is 0 Å². The molecule has 0 saturated carbocycles. The maximum Gasteiger partial charge on any atom is 0.384 e. The Morgan fingerprint density at radius 3 is 3.00 bits per heavy atom. The molecule has 0 radical (unpaired) electrons. The monoisotopic (exact) mass is 276 g/mol. The van der Waals surface area contributed by atoms with Crippen molar-refractivity contribution >= 4 is 17.6 Å². The largest absolute Gasteiger partial charge is 0.456 e. The van der Waals surface area contributed by atoms with Gasteiger partial charge in [0, 0.05) is 12.1 Å². The highest BCUT2D eigenvalue weighted by Crippen LogP contribution is 2.07. The molecule has 0 amide bonds. The van der Waals surface area contributed by atoms with Gasteiger partial charge < -0.3 is 4.74 Å². The van der Waals surface area contributed by atoms with Gasteiger partial charge in [0.1, 0.15) is 0 Å². The molecule has 0 N–H and O–H groups in total. The Morgan fingerprint density at radius 1 is 1.47 bits per heavy atom. The number of ether oxygens (including phenoxy) is 1. The predicted octanol–water partition coefficient (Wildman–Crippen LogP) is 1.23. The second-order valence-electron chi connectivity index (χ2n) is 3.36. The van der Waals surface area contributed by atoms with Crippen LogP contribution >= 0.6 is 11.6 Å². The lowest BCUT2D eigenvalue weighted by atomic mass is 10.3. The number of nitrogens with zero attached hydrogens (tertiary/aromatic N) is 4. The number of aromatic nitrogens is 4. The maximum atomic E-state index is 11.1. The molecule has 0 atom stereocenters. The molecule has 96 valence electrons. The Balaban J connectivity index is 2.15. The normalized spacial score (nSPS) is 9.58. The number of hydrogen-bond acceptors (Lipinski definition) is 5. The summed E-state index contributed by atoms with van der Waals surface area (Å²) in [4.78, 5) is 11.1. The third-order valence-corrected chi connectivity index (χ3v) is 2.22. The highest BCUT2D eigenvalue weighted by atomic mass is 35.5. The van der Waals surface area contributed by atoms with E-state index in [1.807, 2.05) is 0 Å². The zero-order valence-electron chi connectivity index (χ0n) is 10.00. The standard InChI is InChI=1S/C12H9ClN4O2/c1-2-19-12(18)6-3-9-7-14-17(8-9)11-5-4-10(13)15-16-11/h4-5,7-8H,2H2,1H3. The number of carbonyl (C=O) groups excluding carboxylic acids is 1. The molecule has 19 heavy (non-hydrogen) atoms. The summed E-state index contributed by atoms with van der Waals surface area (Å²) in [5.74, 6) is 4.94. The SMILES string of the molecule is CCOC(=O)C#Cc1cnn(-c2ccc(Cl)nn2)c1. The molecule has 6 nitrogen and oxygen atoms in total. The van der Waals surface area contributed by atoms with E-state index in [9.17, 15) is 4.79 Å². The third-order valence-electron chi connectivity index (χ3n) is 2.02. The molecule has 0 aliphatic carbocycles. The Labute approximate surface area is 114 Å². The lowest BCUT2D eigenvalue weighted by molar-refractivity contribution is -0.136. The first kappa shape index (κ1) is 13.1. The van der Waals surface area contributed by atoms with Crippen LogP contribution in [0.5, 0.6) is 0 Å². The summed E-state index contributed by atoms with van der Waals surface area (Å²) in [6, 6.07) is 3.28. The smallest absolute Gasteiger partial charge is 0.384 e. The summed E-state index contributed by atoms with van der Waals surface area (Å²) in [7, 11) is 0. The topological polar surface area (TPSA) is 69.9 Å². The molecule has 0 fully saturated rings. The number of hydrogen-bond donors (Lipinski definition) is 0. The summed E-state index contributed by atoms with van der Waals surface area (Å²) in [5.41, 5.74) is 0.574. The zero-order valence-corrected chi connectivity index (χ0v) is 10.8. The second-order valence-corrected chi connectivity index (χ2v) is 3.75. The van der Waals surface area contributed by atoms with E-state index in [0.29, 0.717) is 23.1 Å². The number of carbonyl (C=O) groups is 1. The Bertz CT molecular complexity index is 640. The molecular formula is C12H9ClN4O2. The molecule has 0 spiro atoms. The van der Waals surface area contributed by atoms with Crippen molar-refractivity contribution < 1.29 is 9.53 Å². The molecule has 2 heterocycles. The van der Waals surface area contributed by atoms with Crippen LogP contribution in [-0.2, 0) is 9.53 Å².